The minimum absolute atomic E-state index is 0.120. The van der Waals surface area contributed by atoms with Gasteiger partial charge in [0.2, 0.25) is 5.91 Å². The maximum atomic E-state index is 12.0. The van der Waals surface area contributed by atoms with Gasteiger partial charge in [-0.05, 0) is 31.5 Å². The molecule has 0 bridgehead atoms. The summed E-state index contributed by atoms with van der Waals surface area (Å²) in [6.45, 7) is 3.88. The van der Waals surface area contributed by atoms with Crippen LogP contribution in [0.1, 0.15) is 31.1 Å². The molecule has 3 N–H and O–H groups in total. The molecule has 1 aromatic heterocycles. The largest absolute Gasteiger partial charge is 0.379 e. The van der Waals surface area contributed by atoms with Gasteiger partial charge in [0.25, 0.3) is 0 Å². The van der Waals surface area contributed by atoms with E-state index >= 15 is 0 Å². The van der Waals surface area contributed by atoms with E-state index in [1.54, 1.807) is 32.5 Å². The Balaban J connectivity index is 2.06. The van der Waals surface area contributed by atoms with Crippen LogP contribution >= 0.6 is 0 Å². The molecule has 0 aliphatic heterocycles. The number of ether oxygens (including phenoxy) is 5. The number of methoxy groups -OCH3 is 2. The Bertz CT molecular complexity index is 528. The van der Waals surface area contributed by atoms with E-state index in [0.717, 1.165) is 12.0 Å². The quantitative estimate of drug-likeness (QED) is 0.299. The van der Waals surface area contributed by atoms with Crippen LogP contribution in [0.15, 0.2) is 18.3 Å². The number of anilines is 1. The van der Waals surface area contributed by atoms with E-state index in [2.05, 4.69) is 10.3 Å². The van der Waals surface area contributed by atoms with E-state index in [9.17, 15) is 4.79 Å². The number of carbonyl (C=O) groups is 1. The average Bonchev–Trinajstić information content (AvgIpc) is 2.70. The summed E-state index contributed by atoms with van der Waals surface area (Å²) in [5.74, 6) is 0.343. The molecule has 0 saturated carbocycles. The summed E-state index contributed by atoms with van der Waals surface area (Å²) < 4.78 is 26.5. The van der Waals surface area contributed by atoms with Gasteiger partial charge in [-0.25, -0.2) is 4.98 Å². The Morgan fingerprint density at radius 3 is 2.25 bits per heavy atom. The van der Waals surface area contributed by atoms with Crippen molar-refractivity contribution < 1.29 is 28.5 Å². The van der Waals surface area contributed by atoms with Crippen molar-refractivity contribution in [2.45, 2.75) is 25.6 Å². The number of carbonyl (C=O) groups excluding carboxylic acids is 1. The van der Waals surface area contributed by atoms with Crippen molar-refractivity contribution in [2.75, 3.05) is 65.7 Å². The van der Waals surface area contributed by atoms with Gasteiger partial charge < -0.3 is 34.7 Å². The SMILES string of the molecule is COC(OC)c1ccnc(NC(=O)CCCOCCOCCOCCCN)c1. The Hall–Kier alpha value is -1.62. The highest BCUT2D eigenvalue weighted by Crippen LogP contribution is 2.19. The molecule has 0 unspecified atom stereocenters. The summed E-state index contributed by atoms with van der Waals surface area (Å²) in [6, 6.07) is 3.50. The zero-order valence-electron chi connectivity index (χ0n) is 16.9. The minimum Gasteiger partial charge on any atom is -0.379 e. The fourth-order valence-corrected chi connectivity index (χ4v) is 2.30. The molecule has 0 aliphatic carbocycles. The fourth-order valence-electron chi connectivity index (χ4n) is 2.30. The van der Waals surface area contributed by atoms with Gasteiger partial charge in [-0.2, -0.15) is 0 Å². The lowest BCUT2D eigenvalue weighted by Crippen LogP contribution is -2.15. The molecule has 0 saturated heterocycles. The molecule has 0 aromatic carbocycles. The highest BCUT2D eigenvalue weighted by Gasteiger charge is 2.11. The highest BCUT2D eigenvalue weighted by atomic mass is 16.7. The van der Waals surface area contributed by atoms with Crippen molar-refractivity contribution in [1.82, 2.24) is 4.98 Å². The van der Waals surface area contributed by atoms with Crippen LogP contribution in [-0.2, 0) is 28.5 Å². The molecule has 0 radical (unpaired) electrons. The second-order valence-corrected chi connectivity index (χ2v) is 5.91. The van der Waals surface area contributed by atoms with Crippen molar-refractivity contribution in [2.24, 2.45) is 5.73 Å². The summed E-state index contributed by atoms with van der Waals surface area (Å²) in [5, 5.41) is 2.76. The van der Waals surface area contributed by atoms with Crippen molar-refractivity contribution >= 4 is 11.7 Å². The molecule has 0 atom stereocenters. The number of nitrogens with zero attached hydrogens (tertiary/aromatic N) is 1. The molecular formula is C19H33N3O6. The van der Waals surface area contributed by atoms with Crippen molar-refractivity contribution in [3.8, 4) is 0 Å². The first-order chi connectivity index (χ1) is 13.7. The van der Waals surface area contributed by atoms with Crippen molar-refractivity contribution in [3.05, 3.63) is 23.9 Å². The minimum atomic E-state index is -0.494. The number of pyridine rings is 1. The predicted molar refractivity (Wildman–Crippen MR) is 105 cm³/mol. The van der Waals surface area contributed by atoms with Gasteiger partial charge in [-0.1, -0.05) is 0 Å². The number of rotatable bonds is 17. The lowest BCUT2D eigenvalue weighted by Gasteiger charge is -2.14. The maximum Gasteiger partial charge on any atom is 0.225 e. The molecular weight excluding hydrogens is 366 g/mol. The zero-order chi connectivity index (χ0) is 20.5. The number of nitrogens with two attached hydrogens (primary N) is 1. The van der Waals surface area contributed by atoms with Crippen LogP contribution in [0.5, 0.6) is 0 Å². The third-order valence-electron chi connectivity index (χ3n) is 3.68. The zero-order valence-corrected chi connectivity index (χ0v) is 16.9. The smallest absolute Gasteiger partial charge is 0.225 e. The third kappa shape index (κ3) is 11.3. The van der Waals surface area contributed by atoms with Crippen molar-refractivity contribution in [3.63, 3.8) is 0 Å². The highest BCUT2D eigenvalue weighted by molar-refractivity contribution is 5.89. The molecule has 160 valence electrons. The standard InChI is InChI=1S/C19H33N3O6/c1-24-19(25-2)16-6-8-21-17(15-16)22-18(23)5-3-9-26-11-13-28-14-12-27-10-4-7-20/h6,8,15,19H,3-5,7,9-14,20H2,1-2H3,(H,21,22,23). The normalized spacial score (nSPS) is 11.1. The fraction of sp³-hybridized carbons (Fsp3) is 0.684. The monoisotopic (exact) mass is 399 g/mol. The van der Waals surface area contributed by atoms with E-state index in [-0.39, 0.29) is 5.91 Å². The van der Waals surface area contributed by atoms with Crippen LogP contribution in [0.25, 0.3) is 0 Å². The van der Waals surface area contributed by atoms with Gasteiger partial charge in [0.05, 0.1) is 26.4 Å². The first-order valence-corrected chi connectivity index (χ1v) is 9.46. The van der Waals surface area contributed by atoms with E-state index in [0.29, 0.717) is 64.8 Å². The second-order valence-electron chi connectivity index (χ2n) is 5.91. The molecule has 28 heavy (non-hydrogen) atoms. The van der Waals surface area contributed by atoms with Crippen molar-refractivity contribution in [1.29, 1.82) is 0 Å². The van der Waals surface area contributed by atoms with Gasteiger partial charge in [-0.15, -0.1) is 0 Å². The topological polar surface area (TPSA) is 114 Å². The summed E-state index contributed by atoms with van der Waals surface area (Å²) in [7, 11) is 3.10. The molecule has 9 heteroatoms. The average molecular weight is 399 g/mol. The van der Waals surface area contributed by atoms with Gasteiger partial charge in [0.15, 0.2) is 6.29 Å². The summed E-state index contributed by atoms with van der Waals surface area (Å²) in [5.41, 5.74) is 6.15. The first-order valence-electron chi connectivity index (χ1n) is 9.46. The summed E-state index contributed by atoms with van der Waals surface area (Å²) in [6.07, 6.45) is 2.93. The summed E-state index contributed by atoms with van der Waals surface area (Å²) >= 11 is 0. The molecule has 0 aliphatic rings. The van der Waals surface area contributed by atoms with Crippen LogP contribution in [-0.4, -0.2) is 71.3 Å². The molecule has 1 rings (SSSR count). The van der Waals surface area contributed by atoms with Crippen LogP contribution in [0.3, 0.4) is 0 Å². The lowest BCUT2D eigenvalue weighted by atomic mass is 10.2. The Kier molecular flexibility index (Phi) is 14.3. The van der Waals surface area contributed by atoms with Crippen LogP contribution < -0.4 is 11.1 Å². The van der Waals surface area contributed by atoms with Gasteiger partial charge in [-0.3, -0.25) is 4.79 Å². The van der Waals surface area contributed by atoms with Crippen LogP contribution in [0.2, 0.25) is 0 Å². The first kappa shape index (κ1) is 24.4. The molecule has 0 spiro atoms. The van der Waals surface area contributed by atoms with E-state index in [1.165, 1.54) is 0 Å². The van der Waals surface area contributed by atoms with Gasteiger partial charge in [0, 0.05) is 45.6 Å². The van der Waals surface area contributed by atoms with Gasteiger partial charge in [0.1, 0.15) is 5.82 Å². The summed E-state index contributed by atoms with van der Waals surface area (Å²) in [4.78, 5) is 16.1. The Morgan fingerprint density at radius 2 is 1.64 bits per heavy atom. The van der Waals surface area contributed by atoms with E-state index < -0.39 is 6.29 Å². The number of hydrogen-bond donors (Lipinski definition) is 2. The van der Waals surface area contributed by atoms with E-state index in [1.807, 2.05) is 0 Å². The third-order valence-corrected chi connectivity index (χ3v) is 3.68. The number of hydrogen-bond acceptors (Lipinski definition) is 8. The maximum absolute atomic E-state index is 12.0. The molecule has 9 nitrogen and oxygen atoms in total. The van der Waals surface area contributed by atoms with Crippen LogP contribution in [0, 0.1) is 0 Å². The number of amides is 1. The lowest BCUT2D eigenvalue weighted by molar-refractivity contribution is -0.116. The predicted octanol–water partition coefficient (Wildman–Crippen LogP) is 1.49. The molecule has 1 amide bonds. The molecule has 1 aromatic rings. The Morgan fingerprint density at radius 1 is 1.04 bits per heavy atom. The van der Waals surface area contributed by atoms with Gasteiger partial charge >= 0.3 is 0 Å². The molecule has 0 fully saturated rings. The number of nitrogens with one attached hydrogen (secondary N) is 1. The van der Waals surface area contributed by atoms with E-state index in [4.69, 9.17) is 29.4 Å². The molecule has 1 heterocycles. The van der Waals surface area contributed by atoms with Crippen LogP contribution in [0.4, 0.5) is 5.82 Å². The Labute approximate surface area is 166 Å². The number of aromatic nitrogens is 1. The second kappa shape index (κ2) is 16.3.